The summed E-state index contributed by atoms with van der Waals surface area (Å²) in [5, 5.41) is 3.70. The molecule has 0 radical (unpaired) electrons. The molecular weight excluding hydrogens is 222 g/mol. The lowest BCUT2D eigenvalue weighted by Gasteiger charge is -2.42. The maximum atomic E-state index is 11.0. The first kappa shape index (κ1) is 13.8. The number of azide groups is 1. The van der Waals surface area contributed by atoms with E-state index in [2.05, 4.69) is 16.9 Å². The van der Waals surface area contributed by atoms with Crippen molar-refractivity contribution in [2.45, 2.75) is 52.6 Å². The molecule has 1 unspecified atom stereocenters. The van der Waals surface area contributed by atoms with Crippen LogP contribution in [0.1, 0.15) is 34.1 Å². The SMILES string of the molecule is CC[C@@H]1O[C@@H](OC(C)=O)C(N=[N+]=[N-])[C@@H](C)[C@H]1C. The third kappa shape index (κ3) is 3.11. The average Bonchev–Trinajstić information content (AvgIpc) is 2.27. The van der Waals surface area contributed by atoms with Crippen LogP contribution in [0.2, 0.25) is 0 Å². The van der Waals surface area contributed by atoms with Crippen molar-refractivity contribution in [1.29, 1.82) is 0 Å². The van der Waals surface area contributed by atoms with Crippen LogP contribution in [-0.4, -0.2) is 24.4 Å². The summed E-state index contributed by atoms with van der Waals surface area (Å²) in [6.07, 6.45) is 0.103. The Hall–Kier alpha value is -1.26. The monoisotopic (exact) mass is 241 g/mol. The highest BCUT2D eigenvalue weighted by atomic mass is 16.7. The van der Waals surface area contributed by atoms with Crippen LogP contribution in [0.5, 0.6) is 0 Å². The second kappa shape index (κ2) is 5.89. The van der Waals surface area contributed by atoms with Crippen molar-refractivity contribution in [1.82, 2.24) is 0 Å². The van der Waals surface area contributed by atoms with Crippen molar-refractivity contribution in [2.75, 3.05) is 0 Å². The van der Waals surface area contributed by atoms with E-state index in [1.807, 2.05) is 13.8 Å². The van der Waals surface area contributed by atoms with Gasteiger partial charge in [-0.05, 0) is 23.8 Å². The molecule has 0 aromatic rings. The number of ether oxygens (including phenoxy) is 2. The summed E-state index contributed by atoms with van der Waals surface area (Å²) in [6.45, 7) is 7.39. The molecule has 0 N–H and O–H groups in total. The fourth-order valence-electron chi connectivity index (χ4n) is 2.22. The quantitative estimate of drug-likeness (QED) is 0.329. The molecule has 0 bridgehead atoms. The van der Waals surface area contributed by atoms with Crippen LogP contribution in [-0.2, 0) is 14.3 Å². The molecule has 1 aliphatic rings. The number of esters is 1. The summed E-state index contributed by atoms with van der Waals surface area (Å²) in [7, 11) is 0. The predicted octanol–water partition coefficient (Wildman–Crippen LogP) is 2.64. The van der Waals surface area contributed by atoms with Gasteiger partial charge in [-0.15, -0.1) is 0 Å². The largest absolute Gasteiger partial charge is 0.435 e. The van der Waals surface area contributed by atoms with Gasteiger partial charge in [0.05, 0.1) is 6.10 Å². The van der Waals surface area contributed by atoms with Gasteiger partial charge in [0, 0.05) is 11.8 Å². The molecule has 0 aromatic carbocycles. The summed E-state index contributed by atoms with van der Waals surface area (Å²) in [6, 6.07) is -0.457. The van der Waals surface area contributed by atoms with Crippen molar-refractivity contribution in [2.24, 2.45) is 17.0 Å². The van der Waals surface area contributed by atoms with Crippen LogP contribution < -0.4 is 0 Å². The molecule has 6 nitrogen and oxygen atoms in total. The lowest BCUT2D eigenvalue weighted by atomic mass is 9.81. The lowest BCUT2D eigenvalue weighted by Crippen LogP contribution is -2.49. The Morgan fingerprint density at radius 3 is 2.59 bits per heavy atom. The van der Waals surface area contributed by atoms with Gasteiger partial charge in [0.1, 0.15) is 6.04 Å². The van der Waals surface area contributed by atoms with Gasteiger partial charge < -0.3 is 9.47 Å². The standard InChI is InChI=1S/C11H19N3O3/c1-5-9-6(2)7(3)10(13-14-12)11(17-9)16-8(4)15/h6-7,9-11H,5H2,1-4H3/t6-,7+,9+,10?,11-/m1/s1. The molecule has 0 aliphatic carbocycles. The second-order valence-electron chi connectivity index (χ2n) is 4.47. The van der Waals surface area contributed by atoms with Crippen LogP contribution in [0.15, 0.2) is 5.11 Å². The molecule has 1 saturated heterocycles. The van der Waals surface area contributed by atoms with E-state index in [4.69, 9.17) is 15.0 Å². The maximum absolute atomic E-state index is 11.0. The Morgan fingerprint density at radius 1 is 1.47 bits per heavy atom. The minimum atomic E-state index is -0.764. The highest BCUT2D eigenvalue weighted by molar-refractivity contribution is 5.66. The van der Waals surface area contributed by atoms with Crippen molar-refractivity contribution in [3.05, 3.63) is 10.4 Å². The Bertz CT molecular complexity index is 328. The van der Waals surface area contributed by atoms with E-state index in [1.165, 1.54) is 6.92 Å². The summed E-state index contributed by atoms with van der Waals surface area (Å²) < 4.78 is 10.8. The predicted molar refractivity (Wildman–Crippen MR) is 62.0 cm³/mol. The molecule has 17 heavy (non-hydrogen) atoms. The van der Waals surface area contributed by atoms with Gasteiger partial charge in [-0.2, -0.15) is 0 Å². The van der Waals surface area contributed by atoms with Gasteiger partial charge in [-0.1, -0.05) is 25.9 Å². The first-order valence-corrected chi connectivity index (χ1v) is 5.88. The fraction of sp³-hybridized carbons (Fsp3) is 0.909. The fourth-order valence-corrected chi connectivity index (χ4v) is 2.22. The smallest absolute Gasteiger partial charge is 0.304 e. The number of nitrogens with zero attached hydrogens (tertiary/aromatic N) is 3. The number of hydrogen-bond donors (Lipinski definition) is 0. The Balaban J connectivity index is 2.89. The van der Waals surface area contributed by atoms with Crippen LogP contribution in [0, 0.1) is 11.8 Å². The third-order valence-corrected chi connectivity index (χ3v) is 3.41. The lowest BCUT2D eigenvalue weighted by molar-refractivity contribution is -0.226. The molecule has 0 saturated carbocycles. The Morgan fingerprint density at radius 2 is 2.12 bits per heavy atom. The summed E-state index contributed by atoms with van der Waals surface area (Å²) in [5.74, 6) is -0.0407. The van der Waals surface area contributed by atoms with E-state index in [-0.39, 0.29) is 17.9 Å². The van der Waals surface area contributed by atoms with E-state index in [1.54, 1.807) is 0 Å². The molecule has 0 aromatic heterocycles. The van der Waals surface area contributed by atoms with E-state index in [0.29, 0.717) is 0 Å². The summed E-state index contributed by atoms with van der Waals surface area (Å²) in [4.78, 5) is 13.8. The van der Waals surface area contributed by atoms with E-state index in [0.717, 1.165) is 6.42 Å². The molecule has 1 rings (SSSR count). The highest BCUT2D eigenvalue weighted by Crippen LogP contribution is 2.34. The number of carbonyl (C=O) groups excluding carboxylic acids is 1. The van der Waals surface area contributed by atoms with Gasteiger partial charge >= 0.3 is 5.97 Å². The van der Waals surface area contributed by atoms with Crippen LogP contribution in [0.25, 0.3) is 10.4 Å². The van der Waals surface area contributed by atoms with E-state index in [9.17, 15) is 4.79 Å². The molecule has 5 atom stereocenters. The topological polar surface area (TPSA) is 84.3 Å². The van der Waals surface area contributed by atoms with Gasteiger partial charge in [-0.25, -0.2) is 0 Å². The number of rotatable bonds is 3. The van der Waals surface area contributed by atoms with Gasteiger partial charge in [-0.3, -0.25) is 4.79 Å². The Kier molecular flexibility index (Phi) is 4.78. The minimum absolute atomic E-state index is 0.0273. The van der Waals surface area contributed by atoms with Crippen LogP contribution in [0.3, 0.4) is 0 Å². The third-order valence-electron chi connectivity index (χ3n) is 3.41. The summed E-state index contributed by atoms with van der Waals surface area (Å²) in [5.41, 5.74) is 8.56. The van der Waals surface area contributed by atoms with Crippen molar-refractivity contribution < 1.29 is 14.3 Å². The highest BCUT2D eigenvalue weighted by Gasteiger charge is 2.41. The number of carbonyl (C=O) groups is 1. The van der Waals surface area contributed by atoms with E-state index >= 15 is 0 Å². The molecule has 1 fully saturated rings. The first-order chi connectivity index (χ1) is 8.01. The zero-order valence-electron chi connectivity index (χ0n) is 10.7. The zero-order chi connectivity index (χ0) is 13.0. The molecule has 6 heteroatoms. The zero-order valence-corrected chi connectivity index (χ0v) is 10.7. The van der Waals surface area contributed by atoms with Gasteiger partial charge in [0.25, 0.3) is 0 Å². The normalized spacial score (nSPS) is 37.1. The summed E-state index contributed by atoms with van der Waals surface area (Å²) >= 11 is 0. The van der Waals surface area contributed by atoms with Crippen LogP contribution >= 0.6 is 0 Å². The first-order valence-electron chi connectivity index (χ1n) is 5.88. The molecule has 0 spiro atoms. The van der Waals surface area contributed by atoms with Crippen molar-refractivity contribution in [3.63, 3.8) is 0 Å². The molecule has 0 amide bonds. The minimum Gasteiger partial charge on any atom is -0.435 e. The molecule has 1 heterocycles. The van der Waals surface area contributed by atoms with Gasteiger partial charge in [0.15, 0.2) is 0 Å². The molecular formula is C11H19N3O3. The maximum Gasteiger partial charge on any atom is 0.304 e. The van der Waals surface area contributed by atoms with Crippen LogP contribution in [0.4, 0.5) is 0 Å². The Labute approximate surface area is 101 Å². The van der Waals surface area contributed by atoms with E-state index < -0.39 is 18.3 Å². The number of hydrogen-bond acceptors (Lipinski definition) is 4. The second-order valence-corrected chi connectivity index (χ2v) is 4.47. The van der Waals surface area contributed by atoms with Crippen molar-refractivity contribution in [3.8, 4) is 0 Å². The molecule has 96 valence electrons. The van der Waals surface area contributed by atoms with Gasteiger partial charge in [0.2, 0.25) is 6.29 Å². The van der Waals surface area contributed by atoms with Crippen molar-refractivity contribution >= 4 is 5.97 Å². The average molecular weight is 241 g/mol. The molecule has 1 aliphatic heterocycles.